The third-order valence-electron chi connectivity index (χ3n) is 3.40. The van der Waals surface area contributed by atoms with Gasteiger partial charge in [0.2, 0.25) is 11.7 Å². The number of rotatable bonds is 8. The number of carbonyl (C=O) groups excluding carboxylic acids is 1. The molecule has 0 aliphatic heterocycles. The molecule has 2 N–H and O–H groups in total. The first-order valence-electron chi connectivity index (χ1n) is 7.04. The topological polar surface area (TPSA) is 94.1 Å². The van der Waals surface area contributed by atoms with Crippen LogP contribution in [0, 0.1) is 5.41 Å². The van der Waals surface area contributed by atoms with E-state index in [0.29, 0.717) is 22.8 Å². The highest BCUT2D eigenvalue weighted by molar-refractivity contribution is 5.80. The smallest absolute Gasteiger partial charge is 0.310 e. The van der Waals surface area contributed by atoms with Crippen molar-refractivity contribution in [2.24, 2.45) is 5.41 Å². The van der Waals surface area contributed by atoms with Crippen LogP contribution in [-0.4, -0.2) is 44.9 Å². The molecule has 1 aromatic carbocycles. The number of aliphatic carboxylic acids is 1. The van der Waals surface area contributed by atoms with Crippen LogP contribution in [-0.2, 0) is 16.0 Å². The van der Waals surface area contributed by atoms with Crippen LogP contribution in [0.25, 0.3) is 0 Å². The van der Waals surface area contributed by atoms with Crippen LogP contribution in [0.1, 0.15) is 19.4 Å². The molecular formula is C16H23NO6. The standard InChI is InChI=1S/C16H23NO6/c1-16(2,15(19)20)9-17-13(18)8-10-6-11(21-3)14(23-5)12(7-10)22-4/h6-7H,8-9H2,1-5H3,(H,17,18)(H,19,20). The second-order valence-electron chi connectivity index (χ2n) is 5.68. The largest absolute Gasteiger partial charge is 0.493 e. The summed E-state index contributed by atoms with van der Waals surface area (Å²) in [6.07, 6.45) is 0.0758. The van der Waals surface area contributed by atoms with Gasteiger partial charge in [-0.25, -0.2) is 0 Å². The van der Waals surface area contributed by atoms with E-state index >= 15 is 0 Å². The molecule has 0 aliphatic rings. The van der Waals surface area contributed by atoms with Crippen LogP contribution < -0.4 is 19.5 Å². The molecule has 0 aliphatic carbocycles. The van der Waals surface area contributed by atoms with Crippen LogP contribution in [0.5, 0.6) is 17.2 Å². The molecule has 0 fully saturated rings. The summed E-state index contributed by atoms with van der Waals surface area (Å²) in [5.74, 6) is 0.117. The maximum absolute atomic E-state index is 12.0. The Kier molecular flexibility index (Phi) is 6.24. The molecule has 0 atom stereocenters. The molecule has 23 heavy (non-hydrogen) atoms. The summed E-state index contributed by atoms with van der Waals surface area (Å²) in [5, 5.41) is 11.7. The minimum absolute atomic E-state index is 0.0472. The van der Waals surface area contributed by atoms with E-state index in [9.17, 15) is 9.59 Å². The fourth-order valence-corrected chi connectivity index (χ4v) is 1.88. The van der Waals surface area contributed by atoms with Gasteiger partial charge in [0.25, 0.3) is 0 Å². The molecule has 128 valence electrons. The molecule has 1 rings (SSSR count). The molecule has 0 saturated carbocycles. The van der Waals surface area contributed by atoms with Gasteiger partial charge in [-0.05, 0) is 31.5 Å². The number of carbonyl (C=O) groups is 2. The van der Waals surface area contributed by atoms with E-state index in [1.54, 1.807) is 26.0 Å². The van der Waals surface area contributed by atoms with Gasteiger partial charge in [-0.15, -0.1) is 0 Å². The minimum Gasteiger partial charge on any atom is -0.493 e. The van der Waals surface area contributed by atoms with Crippen LogP contribution in [0.3, 0.4) is 0 Å². The Labute approximate surface area is 135 Å². The van der Waals surface area contributed by atoms with Crippen LogP contribution in [0.15, 0.2) is 12.1 Å². The molecule has 7 heteroatoms. The zero-order valence-corrected chi connectivity index (χ0v) is 14.1. The van der Waals surface area contributed by atoms with E-state index in [4.69, 9.17) is 19.3 Å². The van der Waals surface area contributed by atoms with Gasteiger partial charge in [-0.2, -0.15) is 0 Å². The maximum atomic E-state index is 12.0. The molecule has 0 radical (unpaired) electrons. The quantitative estimate of drug-likeness (QED) is 0.752. The fourth-order valence-electron chi connectivity index (χ4n) is 1.88. The Morgan fingerprint density at radius 2 is 1.61 bits per heavy atom. The molecule has 1 amide bonds. The predicted molar refractivity (Wildman–Crippen MR) is 84.2 cm³/mol. The number of carboxylic acid groups (broad SMARTS) is 1. The van der Waals surface area contributed by atoms with E-state index < -0.39 is 11.4 Å². The van der Waals surface area contributed by atoms with Gasteiger partial charge in [0, 0.05) is 6.54 Å². The summed E-state index contributed by atoms with van der Waals surface area (Å²) >= 11 is 0. The zero-order valence-electron chi connectivity index (χ0n) is 14.1. The van der Waals surface area contributed by atoms with Crippen molar-refractivity contribution in [2.75, 3.05) is 27.9 Å². The lowest BCUT2D eigenvalue weighted by Crippen LogP contribution is -2.39. The van der Waals surface area contributed by atoms with Gasteiger partial charge < -0.3 is 24.6 Å². The van der Waals surface area contributed by atoms with Crippen LogP contribution in [0.4, 0.5) is 0 Å². The Balaban J connectivity index is 2.84. The van der Waals surface area contributed by atoms with Crippen molar-refractivity contribution < 1.29 is 28.9 Å². The summed E-state index contributed by atoms with van der Waals surface area (Å²) in [5.41, 5.74) is -0.351. The first kappa shape index (κ1) is 18.6. The zero-order chi connectivity index (χ0) is 17.6. The van der Waals surface area contributed by atoms with Gasteiger partial charge >= 0.3 is 5.97 Å². The second kappa shape index (κ2) is 7.71. The monoisotopic (exact) mass is 325 g/mol. The average Bonchev–Trinajstić information content (AvgIpc) is 2.51. The first-order valence-corrected chi connectivity index (χ1v) is 7.04. The highest BCUT2D eigenvalue weighted by Crippen LogP contribution is 2.38. The number of amides is 1. The van der Waals surface area contributed by atoms with Crippen LogP contribution in [0.2, 0.25) is 0 Å². The van der Waals surface area contributed by atoms with E-state index in [-0.39, 0.29) is 18.9 Å². The number of methoxy groups -OCH3 is 3. The Morgan fingerprint density at radius 3 is 2.00 bits per heavy atom. The van der Waals surface area contributed by atoms with Crippen molar-refractivity contribution >= 4 is 11.9 Å². The van der Waals surface area contributed by atoms with Crippen molar-refractivity contribution in [3.05, 3.63) is 17.7 Å². The molecule has 0 aromatic heterocycles. The molecule has 7 nitrogen and oxygen atoms in total. The highest BCUT2D eigenvalue weighted by atomic mass is 16.5. The lowest BCUT2D eigenvalue weighted by atomic mass is 9.94. The summed E-state index contributed by atoms with van der Waals surface area (Å²) in [7, 11) is 4.49. The van der Waals surface area contributed by atoms with E-state index in [0.717, 1.165) is 0 Å². The molecular weight excluding hydrogens is 302 g/mol. The molecule has 0 spiro atoms. The van der Waals surface area contributed by atoms with Crippen molar-refractivity contribution in [1.82, 2.24) is 5.32 Å². The normalized spacial score (nSPS) is 10.8. The average molecular weight is 325 g/mol. The van der Waals surface area contributed by atoms with Gasteiger partial charge in [-0.3, -0.25) is 9.59 Å². The Morgan fingerprint density at radius 1 is 1.09 bits per heavy atom. The highest BCUT2D eigenvalue weighted by Gasteiger charge is 2.27. The third kappa shape index (κ3) is 4.77. The number of ether oxygens (including phenoxy) is 3. The Bertz CT molecular complexity index is 557. The number of benzene rings is 1. The Hall–Kier alpha value is -2.44. The predicted octanol–water partition coefficient (Wildman–Crippen LogP) is 1.48. The van der Waals surface area contributed by atoms with Crippen molar-refractivity contribution in [2.45, 2.75) is 20.3 Å². The van der Waals surface area contributed by atoms with Crippen molar-refractivity contribution in [1.29, 1.82) is 0 Å². The molecule has 0 bridgehead atoms. The molecule has 0 saturated heterocycles. The number of hydrogen-bond donors (Lipinski definition) is 2. The summed E-state index contributed by atoms with van der Waals surface area (Å²) in [4.78, 5) is 23.0. The fraction of sp³-hybridized carbons (Fsp3) is 0.500. The lowest BCUT2D eigenvalue weighted by molar-refractivity contribution is -0.146. The molecule has 0 heterocycles. The van der Waals surface area contributed by atoms with E-state index in [1.807, 2.05) is 0 Å². The molecule has 1 aromatic rings. The molecule has 0 unspecified atom stereocenters. The van der Waals surface area contributed by atoms with E-state index in [2.05, 4.69) is 5.32 Å². The number of hydrogen-bond acceptors (Lipinski definition) is 5. The van der Waals surface area contributed by atoms with Gasteiger partial charge in [0.1, 0.15) is 0 Å². The first-order chi connectivity index (χ1) is 10.7. The van der Waals surface area contributed by atoms with E-state index in [1.165, 1.54) is 21.3 Å². The van der Waals surface area contributed by atoms with Gasteiger partial charge in [0.15, 0.2) is 11.5 Å². The summed E-state index contributed by atoms with van der Waals surface area (Å²) < 4.78 is 15.7. The lowest BCUT2D eigenvalue weighted by Gasteiger charge is -2.19. The van der Waals surface area contributed by atoms with Crippen molar-refractivity contribution in [3.63, 3.8) is 0 Å². The SMILES string of the molecule is COc1cc(CC(=O)NCC(C)(C)C(=O)O)cc(OC)c1OC. The summed E-state index contributed by atoms with van der Waals surface area (Å²) in [6, 6.07) is 3.37. The van der Waals surface area contributed by atoms with Gasteiger partial charge in [0.05, 0.1) is 33.2 Å². The summed E-state index contributed by atoms with van der Waals surface area (Å²) in [6.45, 7) is 3.15. The number of nitrogens with one attached hydrogen (secondary N) is 1. The van der Waals surface area contributed by atoms with Crippen LogP contribution >= 0.6 is 0 Å². The second-order valence-corrected chi connectivity index (χ2v) is 5.68. The van der Waals surface area contributed by atoms with Gasteiger partial charge in [-0.1, -0.05) is 0 Å². The maximum Gasteiger partial charge on any atom is 0.310 e. The van der Waals surface area contributed by atoms with Crippen molar-refractivity contribution in [3.8, 4) is 17.2 Å². The third-order valence-corrected chi connectivity index (χ3v) is 3.40. The number of carboxylic acids is 1. The minimum atomic E-state index is -1.02.